The molecule has 1 amide bonds. The van der Waals surface area contributed by atoms with Crippen LogP contribution < -0.4 is 10.9 Å². The van der Waals surface area contributed by atoms with Gasteiger partial charge < -0.3 is 4.98 Å². The highest BCUT2D eigenvalue weighted by molar-refractivity contribution is 7.21. The molecule has 27 heavy (non-hydrogen) atoms. The van der Waals surface area contributed by atoms with Crippen LogP contribution in [0.4, 0.5) is 5.13 Å². The van der Waals surface area contributed by atoms with Crippen molar-refractivity contribution in [3.63, 3.8) is 0 Å². The molecule has 0 unspecified atom stereocenters. The second-order valence-electron chi connectivity index (χ2n) is 6.21. The van der Waals surface area contributed by atoms with Gasteiger partial charge in [0.15, 0.2) is 5.13 Å². The summed E-state index contributed by atoms with van der Waals surface area (Å²) in [5.74, 6) is 0.262. The number of hydrogen-bond acceptors (Lipinski definition) is 7. The molecule has 0 radical (unpaired) electrons. The second-order valence-corrected chi connectivity index (χ2v) is 9.52. The van der Waals surface area contributed by atoms with Crippen molar-refractivity contribution in [2.45, 2.75) is 27.7 Å². The summed E-state index contributed by atoms with van der Waals surface area (Å²) in [7, 11) is 0. The minimum Gasteiger partial charge on any atom is -0.310 e. The van der Waals surface area contributed by atoms with E-state index in [-0.39, 0.29) is 11.5 Å². The van der Waals surface area contributed by atoms with E-state index in [1.54, 1.807) is 25.2 Å². The van der Waals surface area contributed by atoms with E-state index in [9.17, 15) is 9.59 Å². The highest BCUT2D eigenvalue weighted by Gasteiger charge is 2.20. The average molecular weight is 417 g/mol. The molecule has 0 aliphatic rings. The highest BCUT2D eigenvalue weighted by atomic mass is 32.1. The number of H-pyrrole nitrogens is 1. The predicted octanol–water partition coefficient (Wildman–Crippen LogP) is 4.66. The fraction of sp³-hybridized carbons (Fsp3) is 0.222. The first-order chi connectivity index (χ1) is 12.8. The van der Waals surface area contributed by atoms with Crippen LogP contribution in [0.5, 0.6) is 0 Å². The van der Waals surface area contributed by atoms with E-state index in [1.807, 2.05) is 5.38 Å². The zero-order valence-corrected chi connectivity index (χ0v) is 17.5. The maximum atomic E-state index is 12.7. The Balaban J connectivity index is 1.65. The molecular formula is C18H16N4O2S3. The van der Waals surface area contributed by atoms with E-state index in [1.165, 1.54) is 32.4 Å². The first-order valence-corrected chi connectivity index (χ1v) is 10.7. The quantitative estimate of drug-likeness (QED) is 0.509. The van der Waals surface area contributed by atoms with Crippen LogP contribution in [0.25, 0.3) is 21.5 Å². The third-order valence-electron chi connectivity index (χ3n) is 4.17. The van der Waals surface area contributed by atoms with Gasteiger partial charge in [0.05, 0.1) is 16.0 Å². The lowest BCUT2D eigenvalue weighted by Crippen LogP contribution is -2.12. The topological polar surface area (TPSA) is 87.7 Å². The van der Waals surface area contributed by atoms with E-state index in [2.05, 4.69) is 40.2 Å². The summed E-state index contributed by atoms with van der Waals surface area (Å²) >= 11 is 4.34. The van der Waals surface area contributed by atoms with Crippen molar-refractivity contribution in [2.24, 2.45) is 0 Å². The summed E-state index contributed by atoms with van der Waals surface area (Å²) in [6.45, 7) is 7.63. The highest BCUT2D eigenvalue weighted by Crippen LogP contribution is 2.33. The maximum absolute atomic E-state index is 12.7. The van der Waals surface area contributed by atoms with Gasteiger partial charge in [-0.25, -0.2) is 9.97 Å². The number of thiophene rings is 2. The number of nitrogens with one attached hydrogen (secondary N) is 2. The molecule has 4 heterocycles. The number of anilines is 1. The third kappa shape index (κ3) is 3.22. The number of aromatic amines is 1. The third-order valence-corrected chi connectivity index (χ3v) is 7.07. The lowest BCUT2D eigenvalue weighted by atomic mass is 10.2. The van der Waals surface area contributed by atoms with Gasteiger partial charge >= 0.3 is 0 Å². The van der Waals surface area contributed by atoms with Crippen LogP contribution in [-0.4, -0.2) is 20.9 Å². The standard InChI is InChI=1S/C18H16N4O2S3/c1-7-5-11(9(3)26-7)12-6-25-18(21-12)22-16(24)14-8(2)13-15(23)19-10(4)20-17(13)27-14/h5-6H,1-4H3,(H,19,20,23)(H,21,22,24). The van der Waals surface area contributed by atoms with E-state index in [0.717, 1.165) is 11.3 Å². The number of aryl methyl sites for hydroxylation is 4. The van der Waals surface area contributed by atoms with E-state index in [0.29, 0.717) is 31.6 Å². The Morgan fingerprint density at radius 3 is 2.63 bits per heavy atom. The Hall–Kier alpha value is -2.36. The summed E-state index contributed by atoms with van der Waals surface area (Å²) in [6.07, 6.45) is 0. The molecule has 2 N–H and O–H groups in total. The normalized spacial score (nSPS) is 11.3. The average Bonchev–Trinajstić information content (AvgIpc) is 3.25. The Morgan fingerprint density at radius 1 is 1.15 bits per heavy atom. The molecule has 0 bridgehead atoms. The molecule has 0 atom stereocenters. The monoisotopic (exact) mass is 416 g/mol. The molecule has 6 nitrogen and oxygen atoms in total. The Morgan fingerprint density at radius 2 is 1.93 bits per heavy atom. The molecule has 0 spiro atoms. The minimum atomic E-state index is -0.272. The molecule has 138 valence electrons. The Kier molecular flexibility index (Phi) is 4.45. The number of amides is 1. The van der Waals surface area contributed by atoms with Crippen LogP contribution in [0, 0.1) is 27.7 Å². The summed E-state index contributed by atoms with van der Waals surface area (Å²) in [6, 6.07) is 2.11. The van der Waals surface area contributed by atoms with Gasteiger partial charge in [0.1, 0.15) is 10.7 Å². The Bertz CT molecular complexity index is 1250. The van der Waals surface area contributed by atoms with Crippen molar-refractivity contribution in [2.75, 3.05) is 5.32 Å². The summed E-state index contributed by atoms with van der Waals surface area (Å²) in [5.41, 5.74) is 2.38. The van der Waals surface area contributed by atoms with Gasteiger partial charge in [-0.15, -0.1) is 34.0 Å². The van der Waals surface area contributed by atoms with Crippen LogP contribution in [-0.2, 0) is 0 Å². The van der Waals surface area contributed by atoms with Gasteiger partial charge in [-0.1, -0.05) is 0 Å². The fourth-order valence-corrected chi connectivity index (χ4v) is 5.72. The van der Waals surface area contributed by atoms with Crippen molar-refractivity contribution in [3.05, 3.63) is 47.8 Å². The van der Waals surface area contributed by atoms with E-state index < -0.39 is 0 Å². The van der Waals surface area contributed by atoms with Crippen LogP contribution >= 0.6 is 34.0 Å². The van der Waals surface area contributed by atoms with Gasteiger partial charge in [0.2, 0.25) is 0 Å². The smallest absolute Gasteiger partial charge is 0.267 e. The number of rotatable bonds is 3. The van der Waals surface area contributed by atoms with Crippen LogP contribution in [0.1, 0.15) is 30.8 Å². The zero-order valence-electron chi connectivity index (χ0n) is 15.1. The van der Waals surface area contributed by atoms with E-state index in [4.69, 9.17) is 0 Å². The zero-order chi connectivity index (χ0) is 19.3. The molecule has 0 fully saturated rings. The first-order valence-electron chi connectivity index (χ1n) is 8.18. The number of aromatic nitrogens is 3. The van der Waals surface area contributed by atoms with Gasteiger partial charge in [-0.3, -0.25) is 14.9 Å². The molecule has 9 heteroatoms. The largest absolute Gasteiger partial charge is 0.310 e. The lowest BCUT2D eigenvalue weighted by molar-refractivity contribution is 0.103. The molecule has 4 aromatic heterocycles. The van der Waals surface area contributed by atoms with Crippen LogP contribution in [0.3, 0.4) is 0 Å². The Labute approximate surface area is 167 Å². The van der Waals surface area contributed by atoms with Gasteiger partial charge in [-0.2, -0.15) is 0 Å². The number of carbonyl (C=O) groups excluding carboxylic acids is 1. The number of hydrogen-bond donors (Lipinski definition) is 2. The van der Waals surface area contributed by atoms with E-state index >= 15 is 0 Å². The summed E-state index contributed by atoms with van der Waals surface area (Å²) in [4.78, 5) is 40.0. The predicted molar refractivity (Wildman–Crippen MR) is 113 cm³/mol. The van der Waals surface area contributed by atoms with Crippen LogP contribution in [0.2, 0.25) is 0 Å². The fourth-order valence-electron chi connectivity index (χ4n) is 2.96. The number of thiazole rings is 1. The van der Waals surface area contributed by atoms with Gasteiger partial charge in [-0.05, 0) is 39.3 Å². The molecule has 0 saturated heterocycles. The molecular weight excluding hydrogens is 400 g/mol. The summed E-state index contributed by atoms with van der Waals surface area (Å²) in [5, 5.41) is 5.80. The molecule has 0 aliphatic heterocycles. The molecule has 4 aromatic rings. The lowest BCUT2D eigenvalue weighted by Gasteiger charge is -2.00. The number of carbonyl (C=O) groups is 1. The molecule has 0 aliphatic carbocycles. The van der Waals surface area contributed by atoms with Crippen molar-refractivity contribution >= 4 is 55.3 Å². The minimum absolute atomic E-state index is 0.217. The van der Waals surface area contributed by atoms with Crippen LogP contribution in [0.15, 0.2) is 16.2 Å². The SMILES string of the molecule is Cc1nc2sc(C(=O)Nc3nc(-c4cc(C)sc4C)cs3)c(C)c2c(=O)[nH]1. The van der Waals surface area contributed by atoms with Crippen molar-refractivity contribution in [3.8, 4) is 11.3 Å². The molecule has 0 aromatic carbocycles. The molecule has 0 saturated carbocycles. The molecule has 4 rings (SSSR count). The van der Waals surface area contributed by atoms with Crippen molar-refractivity contribution in [1.29, 1.82) is 0 Å². The van der Waals surface area contributed by atoms with Gasteiger partial charge in [0.25, 0.3) is 11.5 Å². The summed E-state index contributed by atoms with van der Waals surface area (Å²) < 4.78 is 0. The van der Waals surface area contributed by atoms with Gasteiger partial charge in [0, 0.05) is 20.7 Å². The number of fused-ring (bicyclic) bond motifs is 1. The first kappa shape index (κ1) is 18.0. The van der Waals surface area contributed by atoms with Crippen molar-refractivity contribution in [1.82, 2.24) is 15.0 Å². The van der Waals surface area contributed by atoms with Crippen molar-refractivity contribution < 1.29 is 4.79 Å². The number of nitrogens with zero attached hydrogens (tertiary/aromatic N) is 2. The maximum Gasteiger partial charge on any atom is 0.267 e. The second kappa shape index (κ2) is 6.66.